The zero-order valence-corrected chi connectivity index (χ0v) is 23.3. The molecule has 0 spiro atoms. The van der Waals surface area contributed by atoms with Crippen molar-refractivity contribution in [1.82, 2.24) is 24.8 Å². The molecular formula is C30H33F3N6O2. The summed E-state index contributed by atoms with van der Waals surface area (Å²) in [5, 5.41) is 3.29. The van der Waals surface area contributed by atoms with E-state index in [4.69, 9.17) is 9.47 Å². The van der Waals surface area contributed by atoms with Crippen molar-refractivity contribution in [3.8, 4) is 17.0 Å². The van der Waals surface area contributed by atoms with Gasteiger partial charge in [0.15, 0.2) is 5.82 Å². The van der Waals surface area contributed by atoms with Gasteiger partial charge in [-0.05, 0) is 41.7 Å². The molecule has 0 unspecified atom stereocenters. The van der Waals surface area contributed by atoms with Crippen molar-refractivity contribution in [3.05, 3.63) is 66.2 Å². The van der Waals surface area contributed by atoms with E-state index in [-0.39, 0.29) is 16.7 Å². The topological polar surface area (TPSA) is 85.3 Å². The van der Waals surface area contributed by atoms with Gasteiger partial charge in [-0.15, -0.1) is 0 Å². The Bertz CT molecular complexity index is 1500. The average Bonchev–Trinajstić information content (AvgIpc) is 2.95. The van der Waals surface area contributed by atoms with E-state index in [0.29, 0.717) is 23.5 Å². The van der Waals surface area contributed by atoms with Gasteiger partial charge in [-0.1, -0.05) is 26.8 Å². The Balaban J connectivity index is 1.37. The standard InChI is InChI=1S/C30H33F3N6O2/c1-29(2,3)22-8-7-21(17-25(22)41-13-5-10-39-11-14-40-15-12-39)38-28-27-24(36-19-37-28)16-20(18-35-27)26-23(30(31,32)33)6-4-9-34-26/h4,6-9,16-19H,5,10-15H2,1-3H3,(H,36,37,38). The largest absolute Gasteiger partial charge is 0.493 e. The lowest BCUT2D eigenvalue weighted by Crippen LogP contribution is -2.37. The molecular weight excluding hydrogens is 533 g/mol. The van der Waals surface area contributed by atoms with E-state index < -0.39 is 11.7 Å². The van der Waals surface area contributed by atoms with Crippen LogP contribution in [0.2, 0.25) is 0 Å². The number of hydrogen-bond donors (Lipinski definition) is 1. The molecule has 1 N–H and O–H groups in total. The predicted molar refractivity (Wildman–Crippen MR) is 151 cm³/mol. The van der Waals surface area contributed by atoms with Gasteiger partial charge in [0.2, 0.25) is 0 Å². The van der Waals surface area contributed by atoms with Crippen LogP contribution in [0.4, 0.5) is 24.7 Å². The number of anilines is 2. The minimum atomic E-state index is -4.54. The number of morpholine rings is 1. The van der Waals surface area contributed by atoms with Gasteiger partial charge < -0.3 is 14.8 Å². The first-order valence-corrected chi connectivity index (χ1v) is 13.6. The van der Waals surface area contributed by atoms with Crippen LogP contribution in [-0.4, -0.2) is 64.3 Å². The fraction of sp³-hybridized carbons (Fsp3) is 0.400. The van der Waals surface area contributed by atoms with E-state index in [2.05, 4.69) is 50.9 Å². The SMILES string of the molecule is CC(C)(C)c1ccc(Nc2ncnc3cc(-c4ncccc4C(F)(F)F)cnc23)cc1OCCCN1CCOCC1. The molecule has 0 bridgehead atoms. The highest BCUT2D eigenvalue weighted by Gasteiger charge is 2.34. The second kappa shape index (κ2) is 12.0. The Morgan fingerprint density at radius 3 is 2.54 bits per heavy atom. The number of pyridine rings is 2. The van der Waals surface area contributed by atoms with Crippen LogP contribution < -0.4 is 10.1 Å². The van der Waals surface area contributed by atoms with Gasteiger partial charge in [0.1, 0.15) is 17.6 Å². The number of halogens is 3. The first-order chi connectivity index (χ1) is 19.6. The molecule has 11 heteroatoms. The molecule has 1 saturated heterocycles. The molecule has 0 aliphatic carbocycles. The van der Waals surface area contributed by atoms with Crippen molar-refractivity contribution in [1.29, 1.82) is 0 Å². The Kier molecular flexibility index (Phi) is 8.37. The summed E-state index contributed by atoms with van der Waals surface area (Å²) in [4.78, 5) is 19.4. The van der Waals surface area contributed by atoms with E-state index >= 15 is 0 Å². The first-order valence-electron chi connectivity index (χ1n) is 13.6. The van der Waals surface area contributed by atoms with Crippen LogP contribution in [0, 0.1) is 0 Å². The number of alkyl halides is 3. The molecule has 1 aliphatic heterocycles. The van der Waals surface area contributed by atoms with Crippen LogP contribution in [-0.2, 0) is 16.3 Å². The molecule has 3 aromatic heterocycles. The summed E-state index contributed by atoms with van der Waals surface area (Å²) in [7, 11) is 0. The zero-order valence-electron chi connectivity index (χ0n) is 23.3. The molecule has 216 valence electrons. The second-order valence-corrected chi connectivity index (χ2v) is 11.0. The molecule has 0 amide bonds. The van der Waals surface area contributed by atoms with Crippen molar-refractivity contribution in [2.75, 3.05) is 44.8 Å². The molecule has 1 fully saturated rings. The third-order valence-corrected chi connectivity index (χ3v) is 6.89. The number of ether oxygens (including phenoxy) is 2. The summed E-state index contributed by atoms with van der Waals surface area (Å²) >= 11 is 0. The molecule has 4 heterocycles. The van der Waals surface area contributed by atoms with Crippen LogP contribution in [0.25, 0.3) is 22.3 Å². The Morgan fingerprint density at radius 2 is 1.78 bits per heavy atom. The quantitative estimate of drug-likeness (QED) is 0.251. The monoisotopic (exact) mass is 566 g/mol. The van der Waals surface area contributed by atoms with Gasteiger partial charge in [0.05, 0.1) is 36.6 Å². The van der Waals surface area contributed by atoms with Gasteiger partial charge in [0.25, 0.3) is 0 Å². The highest BCUT2D eigenvalue weighted by atomic mass is 19.4. The van der Waals surface area contributed by atoms with E-state index in [1.54, 1.807) is 6.07 Å². The molecule has 41 heavy (non-hydrogen) atoms. The Labute approximate surface area is 237 Å². The first kappa shape index (κ1) is 28.7. The molecule has 8 nitrogen and oxygen atoms in total. The van der Waals surface area contributed by atoms with Crippen molar-refractivity contribution in [3.63, 3.8) is 0 Å². The van der Waals surface area contributed by atoms with Crippen LogP contribution in [0.15, 0.2) is 55.1 Å². The molecule has 0 saturated carbocycles. The normalized spacial score (nSPS) is 14.8. The number of nitrogens with one attached hydrogen (secondary N) is 1. The lowest BCUT2D eigenvalue weighted by molar-refractivity contribution is -0.137. The Morgan fingerprint density at radius 1 is 0.976 bits per heavy atom. The summed E-state index contributed by atoms with van der Waals surface area (Å²) < 4.78 is 52.4. The summed E-state index contributed by atoms with van der Waals surface area (Å²) in [6, 6.07) is 9.74. The number of hydrogen-bond acceptors (Lipinski definition) is 8. The number of nitrogens with zero attached hydrogens (tertiary/aromatic N) is 5. The van der Waals surface area contributed by atoms with E-state index in [0.717, 1.165) is 62.3 Å². The van der Waals surface area contributed by atoms with E-state index in [9.17, 15) is 13.2 Å². The smallest absolute Gasteiger partial charge is 0.418 e. The highest BCUT2D eigenvalue weighted by Crippen LogP contribution is 2.37. The van der Waals surface area contributed by atoms with Crippen molar-refractivity contribution in [2.24, 2.45) is 0 Å². The highest BCUT2D eigenvalue weighted by molar-refractivity contribution is 5.89. The molecule has 0 radical (unpaired) electrons. The molecule has 1 aromatic carbocycles. The summed E-state index contributed by atoms with van der Waals surface area (Å²) in [5.74, 6) is 1.22. The Hall–Kier alpha value is -3.83. The van der Waals surface area contributed by atoms with Gasteiger partial charge in [-0.25, -0.2) is 15.0 Å². The van der Waals surface area contributed by atoms with Gasteiger partial charge >= 0.3 is 6.18 Å². The average molecular weight is 567 g/mol. The zero-order chi connectivity index (χ0) is 29.0. The molecule has 0 atom stereocenters. The lowest BCUT2D eigenvalue weighted by atomic mass is 9.86. The van der Waals surface area contributed by atoms with Gasteiger partial charge in [0, 0.05) is 49.3 Å². The molecule has 5 rings (SSSR count). The van der Waals surface area contributed by atoms with Crippen molar-refractivity contribution >= 4 is 22.5 Å². The fourth-order valence-electron chi connectivity index (χ4n) is 4.80. The van der Waals surface area contributed by atoms with Gasteiger partial charge in [-0.3, -0.25) is 9.88 Å². The van der Waals surface area contributed by atoms with Crippen molar-refractivity contribution < 1.29 is 22.6 Å². The van der Waals surface area contributed by atoms with Crippen LogP contribution >= 0.6 is 0 Å². The summed E-state index contributed by atoms with van der Waals surface area (Å²) in [6.45, 7) is 11.4. The van der Waals surface area contributed by atoms with Crippen molar-refractivity contribution in [2.45, 2.75) is 38.8 Å². The summed E-state index contributed by atoms with van der Waals surface area (Å²) in [5.41, 5.74) is 1.71. The minimum Gasteiger partial charge on any atom is -0.493 e. The second-order valence-electron chi connectivity index (χ2n) is 11.0. The molecule has 1 aliphatic rings. The maximum absolute atomic E-state index is 13.6. The maximum atomic E-state index is 13.6. The van der Waals surface area contributed by atoms with Crippen LogP contribution in [0.3, 0.4) is 0 Å². The third-order valence-electron chi connectivity index (χ3n) is 6.89. The van der Waals surface area contributed by atoms with E-state index in [1.807, 2.05) is 18.2 Å². The summed E-state index contributed by atoms with van der Waals surface area (Å²) in [6.07, 6.45) is 0.395. The van der Waals surface area contributed by atoms with Gasteiger partial charge in [-0.2, -0.15) is 13.2 Å². The van der Waals surface area contributed by atoms with E-state index in [1.165, 1.54) is 24.8 Å². The number of fused-ring (bicyclic) bond motifs is 1. The molecule has 4 aromatic rings. The third kappa shape index (κ3) is 6.91. The fourth-order valence-corrected chi connectivity index (χ4v) is 4.80. The predicted octanol–water partition coefficient (Wildman–Crippen LogP) is 6.25. The maximum Gasteiger partial charge on any atom is 0.418 e. The minimum absolute atomic E-state index is 0.127. The number of rotatable bonds is 8. The lowest BCUT2D eigenvalue weighted by Gasteiger charge is -2.27. The van der Waals surface area contributed by atoms with Crippen LogP contribution in [0.1, 0.15) is 38.3 Å². The number of aromatic nitrogens is 4. The number of benzene rings is 1. The van der Waals surface area contributed by atoms with Crippen LogP contribution in [0.5, 0.6) is 5.75 Å².